The quantitative estimate of drug-likeness (QED) is 0.495. The maximum absolute atomic E-state index is 12.7. The predicted molar refractivity (Wildman–Crippen MR) is 95.3 cm³/mol. The van der Waals surface area contributed by atoms with Gasteiger partial charge in [-0.1, -0.05) is 12.8 Å². The molecule has 1 fully saturated rings. The van der Waals surface area contributed by atoms with E-state index in [1.807, 2.05) is 0 Å². The highest BCUT2D eigenvalue weighted by Crippen LogP contribution is 2.33. The number of rotatable bonds is 4. The highest BCUT2D eigenvalue weighted by atomic mass is 32.2. The van der Waals surface area contributed by atoms with E-state index >= 15 is 0 Å². The molecule has 0 saturated heterocycles. The molecule has 128 valence electrons. The number of guanidine groups is 1. The molecule has 1 aliphatic carbocycles. The Morgan fingerprint density at radius 2 is 2.04 bits per heavy atom. The van der Waals surface area contributed by atoms with Gasteiger partial charge in [0, 0.05) is 16.3 Å². The first-order chi connectivity index (χ1) is 11.4. The topological polar surface area (TPSA) is 127 Å². The van der Waals surface area contributed by atoms with Crippen LogP contribution in [0, 0.1) is 0 Å². The van der Waals surface area contributed by atoms with Gasteiger partial charge in [-0.15, -0.1) is 0 Å². The Kier molecular flexibility index (Phi) is 4.42. The zero-order valence-electron chi connectivity index (χ0n) is 13.5. The third-order valence-corrected chi connectivity index (χ3v) is 5.67. The average molecular weight is 347 g/mol. The van der Waals surface area contributed by atoms with Crippen LogP contribution in [0.1, 0.15) is 32.6 Å². The molecule has 1 unspecified atom stereocenters. The second-order valence-electron chi connectivity index (χ2n) is 6.35. The Hall–Kier alpha value is -2.19. The molecule has 1 heterocycles. The van der Waals surface area contributed by atoms with Gasteiger partial charge in [0.15, 0.2) is 11.8 Å². The van der Waals surface area contributed by atoms with Crippen LogP contribution in [-0.4, -0.2) is 25.8 Å². The van der Waals surface area contributed by atoms with Crippen LogP contribution >= 0.6 is 0 Å². The number of hydrogen-bond donors (Lipinski definition) is 4. The van der Waals surface area contributed by atoms with E-state index in [2.05, 4.69) is 21.6 Å². The summed E-state index contributed by atoms with van der Waals surface area (Å²) in [5.74, 6) is 0.180. The summed E-state index contributed by atoms with van der Waals surface area (Å²) in [7, 11) is -1.37. The van der Waals surface area contributed by atoms with Crippen LogP contribution in [0.25, 0.3) is 10.8 Å². The molecule has 0 bridgehead atoms. The summed E-state index contributed by atoms with van der Waals surface area (Å²) >= 11 is 0. The lowest BCUT2D eigenvalue weighted by Crippen LogP contribution is -2.40. The second-order valence-corrected chi connectivity index (χ2v) is 7.56. The van der Waals surface area contributed by atoms with E-state index in [1.54, 1.807) is 18.2 Å². The summed E-state index contributed by atoms with van der Waals surface area (Å²) < 4.78 is 15.9. The van der Waals surface area contributed by atoms with Gasteiger partial charge in [-0.2, -0.15) is 4.99 Å². The third kappa shape index (κ3) is 3.34. The van der Waals surface area contributed by atoms with Gasteiger partial charge in [0.2, 0.25) is 0 Å². The number of fused-ring (bicyclic) bond motifs is 1. The number of hydrogen-bond acceptors (Lipinski definition) is 4. The number of nitrogens with two attached hydrogens (primary N) is 2. The van der Waals surface area contributed by atoms with Gasteiger partial charge in [-0.05, 0) is 38.0 Å². The highest BCUT2D eigenvalue weighted by molar-refractivity contribution is 7.83. The predicted octanol–water partition coefficient (Wildman–Crippen LogP) is 1.79. The summed E-state index contributed by atoms with van der Waals surface area (Å²) in [5, 5.41) is 11.1. The lowest BCUT2D eigenvalue weighted by Gasteiger charge is -2.24. The van der Waals surface area contributed by atoms with Gasteiger partial charge in [0.05, 0.1) is 11.1 Å². The summed E-state index contributed by atoms with van der Waals surface area (Å²) in [5.41, 5.74) is 10.7. The first kappa shape index (κ1) is 16.7. The van der Waals surface area contributed by atoms with Crippen molar-refractivity contribution in [2.24, 2.45) is 16.5 Å². The molecule has 0 radical (unpaired) electrons. The number of nitrogens with one attached hydrogen (secondary N) is 1. The van der Waals surface area contributed by atoms with Crippen molar-refractivity contribution in [2.45, 2.75) is 43.0 Å². The van der Waals surface area contributed by atoms with Gasteiger partial charge in [0.25, 0.3) is 0 Å². The third-order valence-electron chi connectivity index (χ3n) is 4.31. The number of aromatic hydroxyl groups is 1. The first-order valence-electron chi connectivity index (χ1n) is 7.79. The van der Waals surface area contributed by atoms with E-state index in [0.29, 0.717) is 15.7 Å². The van der Waals surface area contributed by atoms with E-state index in [4.69, 9.17) is 11.5 Å². The van der Waals surface area contributed by atoms with Crippen LogP contribution in [0.4, 0.5) is 5.82 Å². The minimum absolute atomic E-state index is 0.0209. The molecule has 1 atom stereocenters. The van der Waals surface area contributed by atoms with Gasteiger partial charge in [0.1, 0.15) is 16.7 Å². The first-order valence-corrected chi connectivity index (χ1v) is 8.94. The number of aliphatic imine (C=N–C) groups is 1. The van der Waals surface area contributed by atoms with Crippen LogP contribution in [-0.2, 0) is 11.0 Å². The van der Waals surface area contributed by atoms with Crippen molar-refractivity contribution in [1.29, 1.82) is 0 Å². The Morgan fingerprint density at radius 3 is 2.71 bits per heavy atom. The normalized spacial score (nSPS) is 17.7. The molecule has 1 aromatic carbocycles. The van der Waals surface area contributed by atoms with Gasteiger partial charge < -0.3 is 16.6 Å². The summed E-state index contributed by atoms with van der Waals surface area (Å²) in [6.45, 7) is 2.09. The molecular weight excluding hydrogens is 326 g/mol. The van der Waals surface area contributed by atoms with Crippen molar-refractivity contribution >= 4 is 33.5 Å². The van der Waals surface area contributed by atoms with Gasteiger partial charge in [-0.3, -0.25) is 0 Å². The van der Waals surface area contributed by atoms with E-state index in [-0.39, 0.29) is 23.1 Å². The summed E-state index contributed by atoms with van der Waals surface area (Å²) in [6.07, 6.45) is 5.59. The molecule has 1 saturated carbocycles. The molecule has 24 heavy (non-hydrogen) atoms. The van der Waals surface area contributed by atoms with Crippen molar-refractivity contribution < 1.29 is 9.32 Å². The molecule has 2 aromatic rings. The minimum Gasteiger partial charge on any atom is -0.506 e. The fraction of sp³-hybridized carbons (Fsp3) is 0.375. The Bertz CT molecular complexity index is 827. The molecule has 3 rings (SSSR count). The zero-order valence-corrected chi connectivity index (χ0v) is 14.3. The monoisotopic (exact) mass is 347 g/mol. The van der Waals surface area contributed by atoms with Crippen LogP contribution in [0.5, 0.6) is 5.75 Å². The van der Waals surface area contributed by atoms with Crippen molar-refractivity contribution in [3.05, 3.63) is 24.4 Å². The van der Waals surface area contributed by atoms with Gasteiger partial charge >= 0.3 is 0 Å². The summed E-state index contributed by atoms with van der Waals surface area (Å²) in [4.78, 5) is 8.62. The van der Waals surface area contributed by atoms with Crippen molar-refractivity contribution in [3.8, 4) is 5.75 Å². The molecular formula is C16H21N5O2S. The molecule has 0 amide bonds. The minimum atomic E-state index is -1.37. The molecule has 0 spiro atoms. The standard InChI is InChI=1S/C16H21N5O2S/c1-16(6-2-3-7-16)21-24(23)10-4-5-11-12(8-10)14(20-15(17)18)19-9-13(11)22/h4-5,8-9,21-22H,2-3,6-7H2,1H3,(H4,17,18,19,20). The number of aromatic nitrogens is 1. The fourth-order valence-corrected chi connectivity index (χ4v) is 4.25. The number of benzene rings is 1. The smallest absolute Gasteiger partial charge is 0.192 e. The second kappa shape index (κ2) is 6.37. The maximum atomic E-state index is 12.7. The van der Waals surface area contributed by atoms with Crippen LogP contribution in [0.15, 0.2) is 34.3 Å². The molecule has 8 heteroatoms. The summed E-state index contributed by atoms with van der Waals surface area (Å²) in [6, 6.07) is 5.12. The Morgan fingerprint density at radius 1 is 1.33 bits per heavy atom. The van der Waals surface area contributed by atoms with Crippen molar-refractivity contribution in [1.82, 2.24) is 9.71 Å². The largest absolute Gasteiger partial charge is 0.506 e. The molecule has 0 aliphatic heterocycles. The van der Waals surface area contributed by atoms with Crippen LogP contribution < -0.4 is 16.2 Å². The number of pyridine rings is 1. The van der Waals surface area contributed by atoms with Crippen molar-refractivity contribution in [3.63, 3.8) is 0 Å². The molecule has 1 aliphatic rings. The average Bonchev–Trinajstić information content (AvgIpc) is 2.95. The Labute approximate surface area is 142 Å². The maximum Gasteiger partial charge on any atom is 0.192 e. The molecule has 6 N–H and O–H groups in total. The highest BCUT2D eigenvalue weighted by Gasteiger charge is 2.30. The van der Waals surface area contributed by atoms with E-state index in [1.165, 1.54) is 6.20 Å². The Balaban J connectivity index is 2.00. The molecule has 7 nitrogen and oxygen atoms in total. The van der Waals surface area contributed by atoms with Crippen LogP contribution in [0.3, 0.4) is 0 Å². The lowest BCUT2D eigenvalue weighted by atomic mass is 10.0. The number of nitrogens with zero attached hydrogens (tertiary/aromatic N) is 2. The van der Waals surface area contributed by atoms with Crippen LogP contribution in [0.2, 0.25) is 0 Å². The van der Waals surface area contributed by atoms with E-state index in [0.717, 1.165) is 25.7 Å². The fourth-order valence-electron chi connectivity index (χ4n) is 3.06. The van der Waals surface area contributed by atoms with E-state index in [9.17, 15) is 9.32 Å². The zero-order chi connectivity index (χ0) is 17.3. The van der Waals surface area contributed by atoms with Crippen molar-refractivity contribution in [2.75, 3.05) is 0 Å². The SMILES string of the molecule is CC1(NS(=O)c2ccc3c(O)cnc(N=C(N)N)c3c2)CCCC1. The lowest BCUT2D eigenvalue weighted by molar-refractivity contribution is 0.442. The van der Waals surface area contributed by atoms with E-state index < -0.39 is 11.0 Å². The van der Waals surface area contributed by atoms with Gasteiger partial charge in [-0.25, -0.2) is 13.9 Å². The molecule has 1 aromatic heterocycles.